The molecule has 2 fully saturated rings. The summed E-state index contributed by atoms with van der Waals surface area (Å²) in [6.45, 7) is 5.21. The Balaban J connectivity index is 2.13. The zero-order chi connectivity index (χ0) is 14.8. The van der Waals surface area contributed by atoms with Crippen LogP contribution < -0.4 is 5.32 Å². The molecule has 0 heterocycles. The van der Waals surface area contributed by atoms with Gasteiger partial charge in [0.25, 0.3) is 0 Å². The molecule has 0 bridgehead atoms. The van der Waals surface area contributed by atoms with E-state index in [1.807, 2.05) is 0 Å². The lowest BCUT2D eigenvalue weighted by Crippen LogP contribution is -2.62. The van der Waals surface area contributed by atoms with Gasteiger partial charge in [-0.2, -0.15) is 0 Å². The Hall–Kier alpha value is -0.610. The molecule has 1 atom stereocenters. The maximum absolute atomic E-state index is 12.5. The fourth-order valence-electron chi connectivity index (χ4n) is 3.37. The number of hydrogen-bond donors (Lipinski definition) is 1. The van der Waals surface area contributed by atoms with Crippen molar-refractivity contribution >= 4 is 5.97 Å². The Morgan fingerprint density at radius 1 is 1.30 bits per heavy atom. The van der Waals surface area contributed by atoms with E-state index < -0.39 is 5.54 Å². The summed E-state index contributed by atoms with van der Waals surface area (Å²) in [5, 5.41) is 3.63. The summed E-state index contributed by atoms with van der Waals surface area (Å²) in [5.74, 6) is 0.386. The molecule has 1 unspecified atom stereocenters. The van der Waals surface area contributed by atoms with E-state index in [0.29, 0.717) is 18.0 Å². The first-order valence-electron chi connectivity index (χ1n) is 8.13. The topological polar surface area (TPSA) is 41.6 Å². The molecule has 0 aliphatic heterocycles. The molecule has 2 aliphatic rings. The van der Waals surface area contributed by atoms with Gasteiger partial charge >= 0.3 is 5.97 Å². The van der Waals surface area contributed by atoms with Crippen LogP contribution in [0.2, 0.25) is 0 Å². The van der Waals surface area contributed by atoms with Crippen LogP contribution in [0.15, 0.2) is 0 Å². The number of methoxy groups -OCH3 is 1. The van der Waals surface area contributed by atoms with Gasteiger partial charge in [0.15, 0.2) is 0 Å². The Labute approximate surface area is 123 Å². The maximum Gasteiger partial charge on any atom is 0.327 e. The van der Waals surface area contributed by atoms with E-state index in [0.717, 1.165) is 32.2 Å². The number of rotatable bonds is 9. The Morgan fingerprint density at radius 3 is 2.30 bits per heavy atom. The average Bonchev–Trinajstić information content (AvgIpc) is 3.29. The van der Waals surface area contributed by atoms with E-state index in [2.05, 4.69) is 31.1 Å². The minimum absolute atomic E-state index is 0.0651. The lowest BCUT2D eigenvalue weighted by Gasteiger charge is -2.38. The van der Waals surface area contributed by atoms with Crippen LogP contribution in [0.4, 0.5) is 0 Å². The minimum Gasteiger partial charge on any atom is -0.468 e. The minimum atomic E-state index is -0.479. The third-order valence-corrected chi connectivity index (χ3v) is 4.93. The summed E-state index contributed by atoms with van der Waals surface area (Å²) in [7, 11) is 3.66. The van der Waals surface area contributed by atoms with Crippen LogP contribution in [0.3, 0.4) is 0 Å². The molecule has 4 nitrogen and oxygen atoms in total. The van der Waals surface area contributed by atoms with E-state index in [1.165, 1.54) is 20.0 Å². The highest BCUT2D eigenvalue weighted by Gasteiger charge is 2.54. The predicted octanol–water partition coefficient (Wildman–Crippen LogP) is 2.18. The van der Waals surface area contributed by atoms with Crippen LogP contribution in [0.1, 0.15) is 52.4 Å². The van der Waals surface area contributed by atoms with Crippen molar-refractivity contribution in [2.24, 2.45) is 5.92 Å². The normalized spacial score (nSPS) is 22.1. The highest BCUT2D eigenvalue weighted by Crippen LogP contribution is 2.43. The van der Waals surface area contributed by atoms with Crippen molar-refractivity contribution in [1.82, 2.24) is 10.2 Å². The molecule has 2 saturated carbocycles. The molecule has 0 aromatic rings. The van der Waals surface area contributed by atoms with Gasteiger partial charge in [-0.25, -0.2) is 4.79 Å². The molecule has 20 heavy (non-hydrogen) atoms. The number of carbonyl (C=O) groups is 1. The van der Waals surface area contributed by atoms with E-state index in [9.17, 15) is 4.79 Å². The lowest BCUT2D eigenvalue weighted by atomic mass is 9.91. The van der Waals surface area contributed by atoms with Gasteiger partial charge < -0.3 is 9.64 Å². The van der Waals surface area contributed by atoms with Crippen LogP contribution in [-0.4, -0.2) is 49.2 Å². The average molecular weight is 282 g/mol. The van der Waals surface area contributed by atoms with Gasteiger partial charge in [-0.05, 0) is 51.5 Å². The maximum atomic E-state index is 12.5. The van der Waals surface area contributed by atoms with E-state index in [1.54, 1.807) is 0 Å². The van der Waals surface area contributed by atoms with Crippen molar-refractivity contribution in [3.63, 3.8) is 0 Å². The van der Waals surface area contributed by atoms with E-state index >= 15 is 0 Å². The number of likely N-dealkylation sites (N-methyl/N-ethyl adjacent to an activating group) is 1. The standard InChI is InChI=1S/C16H30N2O2/c1-5-14(6-2)18(3)11-16(12-7-8-12,15(19)20-4)17-13-9-10-13/h12-14,17H,5-11H2,1-4H3. The third-order valence-electron chi connectivity index (χ3n) is 4.93. The lowest BCUT2D eigenvalue weighted by molar-refractivity contribution is -0.151. The number of esters is 1. The molecule has 2 rings (SSSR count). The molecule has 1 N–H and O–H groups in total. The summed E-state index contributed by atoms with van der Waals surface area (Å²) in [5.41, 5.74) is -0.479. The Bertz CT molecular complexity index is 335. The van der Waals surface area contributed by atoms with Crippen molar-refractivity contribution in [3.8, 4) is 0 Å². The van der Waals surface area contributed by atoms with E-state index in [-0.39, 0.29) is 5.97 Å². The zero-order valence-corrected chi connectivity index (χ0v) is 13.4. The molecule has 0 aromatic heterocycles. The van der Waals surface area contributed by atoms with Gasteiger partial charge in [0.1, 0.15) is 5.54 Å². The second-order valence-electron chi connectivity index (χ2n) is 6.54. The molecular formula is C16H30N2O2. The number of carbonyl (C=O) groups excluding carboxylic acids is 1. The van der Waals surface area contributed by atoms with Gasteiger partial charge in [0, 0.05) is 18.6 Å². The number of nitrogens with zero attached hydrogens (tertiary/aromatic N) is 1. The fraction of sp³-hybridized carbons (Fsp3) is 0.938. The summed E-state index contributed by atoms with van der Waals surface area (Å²) in [4.78, 5) is 14.9. The summed E-state index contributed by atoms with van der Waals surface area (Å²) < 4.78 is 5.17. The van der Waals surface area contributed by atoms with Gasteiger partial charge in [-0.3, -0.25) is 5.32 Å². The summed E-state index contributed by atoms with van der Waals surface area (Å²) >= 11 is 0. The van der Waals surface area contributed by atoms with Crippen LogP contribution >= 0.6 is 0 Å². The molecule has 4 heteroatoms. The van der Waals surface area contributed by atoms with Crippen molar-refractivity contribution < 1.29 is 9.53 Å². The summed E-state index contributed by atoms with van der Waals surface area (Å²) in [6.07, 6.45) is 6.92. The molecule has 2 aliphatic carbocycles. The van der Waals surface area contributed by atoms with Gasteiger partial charge in [0.2, 0.25) is 0 Å². The monoisotopic (exact) mass is 282 g/mol. The van der Waals surface area contributed by atoms with Crippen LogP contribution in [0.25, 0.3) is 0 Å². The van der Waals surface area contributed by atoms with E-state index in [4.69, 9.17) is 4.74 Å². The van der Waals surface area contributed by atoms with Crippen LogP contribution in [0, 0.1) is 5.92 Å². The molecule has 0 aromatic carbocycles. The molecule has 0 amide bonds. The zero-order valence-electron chi connectivity index (χ0n) is 13.4. The molecule has 0 spiro atoms. The quantitative estimate of drug-likeness (QED) is 0.658. The number of ether oxygens (including phenoxy) is 1. The Kier molecular flexibility index (Phi) is 5.08. The summed E-state index contributed by atoms with van der Waals surface area (Å²) in [6, 6.07) is 1.06. The Morgan fingerprint density at radius 2 is 1.90 bits per heavy atom. The van der Waals surface area contributed by atoms with Crippen molar-refractivity contribution in [3.05, 3.63) is 0 Å². The van der Waals surface area contributed by atoms with Crippen molar-refractivity contribution in [1.29, 1.82) is 0 Å². The first-order chi connectivity index (χ1) is 9.57. The van der Waals surface area contributed by atoms with Crippen molar-refractivity contribution in [2.45, 2.75) is 70.0 Å². The molecule has 0 saturated heterocycles. The fourth-order valence-corrected chi connectivity index (χ4v) is 3.37. The predicted molar refractivity (Wildman–Crippen MR) is 80.6 cm³/mol. The second-order valence-corrected chi connectivity index (χ2v) is 6.54. The largest absolute Gasteiger partial charge is 0.468 e. The molecule has 0 radical (unpaired) electrons. The molecular weight excluding hydrogens is 252 g/mol. The first-order valence-corrected chi connectivity index (χ1v) is 8.13. The molecule has 116 valence electrons. The van der Waals surface area contributed by atoms with Gasteiger partial charge in [0.05, 0.1) is 7.11 Å². The number of hydrogen-bond acceptors (Lipinski definition) is 4. The van der Waals surface area contributed by atoms with Gasteiger partial charge in [-0.1, -0.05) is 13.8 Å². The van der Waals surface area contributed by atoms with Crippen molar-refractivity contribution in [2.75, 3.05) is 20.7 Å². The SMILES string of the molecule is CCC(CC)N(C)CC(NC1CC1)(C(=O)OC)C1CC1. The highest BCUT2D eigenvalue weighted by atomic mass is 16.5. The third kappa shape index (κ3) is 3.34. The van der Waals surface area contributed by atoms with Crippen LogP contribution in [-0.2, 0) is 9.53 Å². The first kappa shape index (κ1) is 15.8. The van der Waals surface area contributed by atoms with Crippen LogP contribution in [0.5, 0.6) is 0 Å². The second kappa shape index (κ2) is 6.44. The van der Waals surface area contributed by atoms with Gasteiger partial charge in [-0.15, -0.1) is 0 Å². The smallest absolute Gasteiger partial charge is 0.327 e. The highest BCUT2D eigenvalue weighted by molar-refractivity contribution is 5.82. The number of nitrogens with one attached hydrogen (secondary N) is 1.